The smallest absolute Gasteiger partial charge is 0.0690 e. The minimum absolute atomic E-state index is 0.0168. The Morgan fingerprint density at radius 1 is 1.33 bits per heavy atom. The normalized spacial score (nSPS) is 27.9. The van der Waals surface area contributed by atoms with Crippen molar-refractivity contribution in [2.75, 3.05) is 13.1 Å². The van der Waals surface area contributed by atoms with Crippen molar-refractivity contribution in [3.05, 3.63) is 0 Å². The summed E-state index contributed by atoms with van der Waals surface area (Å²) in [5.74, 6) is 0.878. The molecule has 0 amide bonds. The van der Waals surface area contributed by atoms with Crippen LogP contribution in [0.2, 0.25) is 0 Å². The van der Waals surface area contributed by atoms with E-state index in [1.54, 1.807) is 0 Å². The molecule has 1 aliphatic heterocycles. The largest absolute Gasteiger partial charge is 0.242 e. The van der Waals surface area contributed by atoms with Crippen LogP contribution in [0.1, 0.15) is 32.1 Å². The minimum Gasteiger partial charge on any atom is -0.242 e. The van der Waals surface area contributed by atoms with E-state index in [0.29, 0.717) is 0 Å². The average molecular weight is 163 g/mol. The van der Waals surface area contributed by atoms with E-state index in [0.717, 1.165) is 38.3 Å². The third-order valence-electron chi connectivity index (χ3n) is 3.11. The van der Waals surface area contributed by atoms with E-state index in [2.05, 4.69) is 11.4 Å². The lowest BCUT2D eigenvalue weighted by molar-refractivity contribution is 0.248. The molecule has 12 heavy (non-hydrogen) atoms. The fraction of sp³-hybridized carbons (Fsp3) is 0.900. The monoisotopic (exact) mass is 163 g/mol. The van der Waals surface area contributed by atoms with Crippen molar-refractivity contribution in [3.8, 4) is 6.07 Å². The third-order valence-corrected chi connectivity index (χ3v) is 3.11. The highest BCUT2D eigenvalue weighted by Gasteiger charge is 2.38. The van der Waals surface area contributed by atoms with Gasteiger partial charge in [0.25, 0.3) is 0 Å². The number of piperidine rings is 1. The Balaban J connectivity index is 1.96. The van der Waals surface area contributed by atoms with Gasteiger partial charge >= 0.3 is 0 Å². The van der Waals surface area contributed by atoms with Gasteiger partial charge in [-0.25, -0.2) is 5.32 Å². The Morgan fingerprint density at radius 2 is 2.00 bits per heavy atom. The maximum atomic E-state index is 9.13. The molecular weight excluding hydrogens is 148 g/mol. The first-order valence-corrected chi connectivity index (χ1v) is 4.89. The van der Waals surface area contributed by atoms with Crippen LogP contribution in [0.5, 0.6) is 0 Å². The summed E-state index contributed by atoms with van der Waals surface area (Å²) in [4.78, 5) is 0. The molecule has 0 spiro atoms. The predicted octanol–water partition coefficient (Wildman–Crippen LogP) is 1.69. The fourth-order valence-electron chi connectivity index (χ4n) is 2.06. The Bertz CT molecular complexity index is 194. The van der Waals surface area contributed by atoms with Crippen LogP contribution in [0, 0.1) is 22.7 Å². The molecule has 0 atom stereocenters. The first-order valence-electron chi connectivity index (χ1n) is 4.89. The van der Waals surface area contributed by atoms with Crippen LogP contribution in [-0.4, -0.2) is 13.1 Å². The van der Waals surface area contributed by atoms with Gasteiger partial charge in [0.1, 0.15) is 0 Å². The van der Waals surface area contributed by atoms with Crippen molar-refractivity contribution in [3.63, 3.8) is 0 Å². The van der Waals surface area contributed by atoms with Crippen molar-refractivity contribution in [1.82, 2.24) is 5.32 Å². The third kappa shape index (κ3) is 1.61. The van der Waals surface area contributed by atoms with Crippen molar-refractivity contribution in [2.24, 2.45) is 11.3 Å². The summed E-state index contributed by atoms with van der Waals surface area (Å²) in [5, 5.41) is 13.4. The first kappa shape index (κ1) is 8.07. The van der Waals surface area contributed by atoms with E-state index >= 15 is 0 Å². The van der Waals surface area contributed by atoms with Gasteiger partial charge in [-0.15, -0.1) is 0 Å². The van der Waals surface area contributed by atoms with Crippen LogP contribution in [-0.2, 0) is 0 Å². The highest BCUT2D eigenvalue weighted by atomic mass is 14.9. The molecule has 2 aliphatic rings. The van der Waals surface area contributed by atoms with Gasteiger partial charge in [0.05, 0.1) is 11.5 Å². The Morgan fingerprint density at radius 3 is 2.50 bits per heavy atom. The summed E-state index contributed by atoms with van der Waals surface area (Å²) in [6.45, 7) is 1.83. The number of hydrogen-bond acceptors (Lipinski definition) is 1. The zero-order valence-electron chi connectivity index (χ0n) is 7.42. The Hall–Kier alpha value is -0.550. The Kier molecular flexibility index (Phi) is 2.06. The number of rotatable bonds is 2. The predicted molar refractivity (Wildman–Crippen MR) is 46.5 cm³/mol. The zero-order valence-corrected chi connectivity index (χ0v) is 7.42. The highest BCUT2D eigenvalue weighted by Crippen LogP contribution is 2.44. The number of nitriles is 1. The van der Waals surface area contributed by atoms with Gasteiger partial charge < -0.3 is 0 Å². The average Bonchev–Trinajstić information content (AvgIpc) is 2.90. The summed E-state index contributed by atoms with van der Waals surface area (Å²) in [6, 6.07) is 2.53. The Labute approximate surface area is 74.0 Å². The summed E-state index contributed by atoms with van der Waals surface area (Å²) < 4.78 is 0. The van der Waals surface area contributed by atoms with Crippen molar-refractivity contribution in [2.45, 2.75) is 32.1 Å². The fourth-order valence-corrected chi connectivity index (χ4v) is 2.06. The van der Waals surface area contributed by atoms with Crippen LogP contribution in [0.15, 0.2) is 0 Å². The molecule has 0 N–H and O–H groups in total. The van der Waals surface area contributed by atoms with Gasteiger partial charge in [0.15, 0.2) is 0 Å². The van der Waals surface area contributed by atoms with E-state index in [9.17, 15) is 0 Å². The molecule has 1 saturated heterocycles. The molecule has 0 unspecified atom stereocenters. The summed E-state index contributed by atoms with van der Waals surface area (Å²) >= 11 is 0. The molecule has 1 heterocycles. The quantitative estimate of drug-likeness (QED) is 0.610. The molecule has 1 aliphatic carbocycles. The lowest BCUT2D eigenvalue weighted by atomic mass is 9.76. The summed E-state index contributed by atoms with van der Waals surface area (Å²) in [7, 11) is 0. The lowest BCUT2D eigenvalue weighted by Gasteiger charge is -2.30. The molecule has 0 aromatic rings. The molecule has 2 rings (SSSR count). The molecule has 65 valence electrons. The van der Waals surface area contributed by atoms with Crippen molar-refractivity contribution in [1.29, 1.82) is 5.26 Å². The molecule has 0 aromatic heterocycles. The van der Waals surface area contributed by atoms with Gasteiger partial charge in [-0.1, -0.05) is 12.8 Å². The molecule has 1 saturated carbocycles. The molecule has 0 bridgehead atoms. The van der Waals surface area contributed by atoms with Gasteiger partial charge in [-0.3, -0.25) is 0 Å². The topological polar surface area (TPSA) is 37.9 Å². The van der Waals surface area contributed by atoms with E-state index in [4.69, 9.17) is 5.26 Å². The molecule has 0 aromatic carbocycles. The second-order valence-electron chi connectivity index (χ2n) is 4.21. The van der Waals surface area contributed by atoms with Crippen LogP contribution < -0.4 is 5.32 Å². The summed E-state index contributed by atoms with van der Waals surface area (Å²) in [5.41, 5.74) is 0.0168. The van der Waals surface area contributed by atoms with E-state index in [1.807, 2.05) is 0 Å². The summed E-state index contributed by atoms with van der Waals surface area (Å²) in [6.07, 6.45) is 5.90. The van der Waals surface area contributed by atoms with Gasteiger partial charge in [0.2, 0.25) is 0 Å². The van der Waals surface area contributed by atoms with Crippen LogP contribution in [0.25, 0.3) is 0 Å². The molecular formula is C10H15N2. The second-order valence-corrected chi connectivity index (χ2v) is 4.21. The zero-order chi connectivity index (χ0) is 8.44. The minimum atomic E-state index is 0.0168. The van der Waals surface area contributed by atoms with E-state index in [-0.39, 0.29) is 5.41 Å². The second kappa shape index (κ2) is 3.06. The molecule has 2 fully saturated rings. The molecule has 1 radical (unpaired) electrons. The molecule has 2 heteroatoms. The lowest BCUT2D eigenvalue weighted by Crippen LogP contribution is -2.32. The van der Waals surface area contributed by atoms with Crippen LogP contribution in [0.3, 0.4) is 0 Å². The maximum absolute atomic E-state index is 9.13. The SMILES string of the molecule is N#CC1(CC2CC2)CC[N]CC1. The first-order chi connectivity index (χ1) is 5.85. The van der Waals surface area contributed by atoms with E-state index in [1.165, 1.54) is 12.8 Å². The number of nitrogens with zero attached hydrogens (tertiary/aromatic N) is 2. The number of hydrogen-bond donors (Lipinski definition) is 0. The maximum Gasteiger partial charge on any atom is 0.0690 e. The van der Waals surface area contributed by atoms with Crippen LogP contribution >= 0.6 is 0 Å². The van der Waals surface area contributed by atoms with Gasteiger partial charge in [0, 0.05) is 13.1 Å². The van der Waals surface area contributed by atoms with Crippen molar-refractivity contribution >= 4 is 0 Å². The highest BCUT2D eigenvalue weighted by molar-refractivity contribution is 5.03. The van der Waals surface area contributed by atoms with Gasteiger partial charge in [-0.05, 0) is 25.2 Å². The standard InChI is InChI=1S/C10H15N2/c11-8-10(7-9-1-2-9)3-5-12-6-4-10/h9H,1-7H2. The van der Waals surface area contributed by atoms with E-state index < -0.39 is 0 Å². The van der Waals surface area contributed by atoms with Crippen LogP contribution in [0.4, 0.5) is 0 Å². The van der Waals surface area contributed by atoms with Crippen molar-refractivity contribution < 1.29 is 0 Å². The van der Waals surface area contributed by atoms with Gasteiger partial charge in [-0.2, -0.15) is 5.26 Å². The molecule has 2 nitrogen and oxygen atoms in total.